The molecule has 1 aromatic carbocycles. The van der Waals surface area contributed by atoms with E-state index < -0.39 is 18.1 Å². The molecule has 0 spiro atoms. The van der Waals surface area contributed by atoms with Crippen LogP contribution in [0.3, 0.4) is 0 Å². The molecule has 0 aliphatic carbocycles. The molecule has 1 aromatic rings. The lowest BCUT2D eigenvalue weighted by Gasteiger charge is -2.30. The normalized spacial score (nSPS) is 13.6. The summed E-state index contributed by atoms with van der Waals surface area (Å²) in [5.41, 5.74) is 6.56. The number of benzene rings is 1. The van der Waals surface area contributed by atoms with Gasteiger partial charge in [-0.3, -0.25) is 14.5 Å². The van der Waals surface area contributed by atoms with Gasteiger partial charge in [-0.1, -0.05) is 31.0 Å². The topological polar surface area (TPSA) is 83.6 Å². The molecule has 1 rings (SSSR count). The first-order valence-electron chi connectivity index (χ1n) is 6.67. The first kappa shape index (κ1) is 16.2. The quantitative estimate of drug-likeness (QED) is 0.832. The summed E-state index contributed by atoms with van der Waals surface area (Å²) in [6.07, 6.45) is 1.27. The maximum absolute atomic E-state index is 12.5. The van der Waals surface area contributed by atoms with Crippen molar-refractivity contribution in [1.82, 2.24) is 0 Å². The zero-order valence-corrected chi connectivity index (χ0v) is 12.2. The van der Waals surface area contributed by atoms with Crippen LogP contribution in [0.15, 0.2) is 24.3 Å². The molecule has 0 bridgehead atoms. The van der Waals surface area contributed by atoms with Crippen molar-refractivity contribution in [2.24, 2.45) is 5.73 Å². The first-order valence-corrected chi connectivity index (χ1v) is 6.67. The fraction of sp³-hybridized carbons (Fsp3) is 0.467. The van der Waals surface area contributed by atoms with Crippen LogP contribution in [0, 0.1) is 6.92 Å². The van der Waals surface area contributed by atoms with E-state index in [-0.39, 0.29) is 5.91 Å². The summed E-state index contributed by atoms with van der Waals surface area (Å²) >= 11 is 0. The number of carboxylic acids is 1. The number of hydrogen-bond acceptors (Lipinski definition) is 3. The molecule has 0 radical (unpaired) electrons. The molecule has 0 aliphatic rings. The molecule has 1 amide bonds. The predicted octanol–water partition coefficient (Wildman–Crippen LogP) is 1.93. The highest BCUT2D eigenvalue weighted by atomic mass is 16.4. The van der Waals surface area contributed by atoms with Crippen molar-refractivity contribution in [3.05, 3.63) is 29.8 Å². The van der Waals surface area contributed by atoms with E-state index in [0.717, 1.165) is 12.0 Å². The van der Waals surface area contributed by atoms with Gasteiger partial charge in [-0.2, -0.15) is 0 Å². The number of carbonyl (C=O) groups excluding carboxylic acids is 1. The van der Waals surface area contributed by atoms with Crippen LogP contribution in [0.2, 0.25) is 0 Å². The van der Waals surface area contributed by atoms with Gasteiger partial charge >= 0.3 is 5.97 Å². The van der Waals surface area contributed by atoms with Crippen molar-refractivity contribution in [2.45, 2.75) is 39.2 Å². The molecule has 110 valence electrons. The Kier molecular flexibility index (Phi) is 5.27. The Morgan fingerprint density at radius 1 is 1.30 bits per heavy atom. The van der Waals surface area contributed by atoms with E-state index >= 15 is 0 Å². The Morgan fingerprint density at radius 3 is 2.30 bits per heavy atom. The maximum atomic E-state index is 12.5. The maximum Gasteiger partial charge on any atom is 0.323 e. The van der Waals surface area contributed by atoms with Gasteiger partial charge in [-0.15, -0.1) is 0 Å². The minimum Gasteiger partial charge on any atom is -0.480 e. The largest absolute Gasteiger partial charge is 0.480 e. The summed E-state index contributed by atoms with van der Waals surface area (Å²) in [6.45, 7) is 5.11. The van der Waals surface area contributed by atoms with E-state index in [1.54, 1.807) is 19.1 Å². The van der Waals surface area contributed by atoms with Crippen LogP contribution in [0.5, 0.6) is 0 Å². The number of hydrogen-bond donors (Lipinski definition) is 2. The molecule has 3 N–H and O–H groups in total. The molecule has 0 aliphatic heterocycles. The summed E-state index contributed by atoms with van der Waals surface area (Å²) < 4.78 is 0. The van der Waals surface area contributed by atoms with Gasteiger partial charge in [0.2, 0.25) is 5.91 Å². The highest BCUT2D eigenvalue weighted by Crippen LogP contribution is 2.20. The van der Waals surface area contributed by atoms with E-state index in [1.165, 1.54) is 4.90 Å². The van der Waals surface area contributed by atoms with Crippen LogP contribution in [-0.2, 0) is 9.59 Å². The van der Waals surface area contributed by atoms with Crippen molar-refractivity contribution in [3.8, 4) is 0 Å². The molecule has 0 saturated carbocycles. The number of amides is 1. The van der Waals surface area contributed by atoms with E-state index in [1.807, 2.05) is 26.0 Å². The van der Waals surface area contributed by atoms with Crippen LogP contribution in [0.25, 0.3) is 0 Å². The lowest BCUT2D eigenvalue weighted by atomic mass is 9.95. The second-order valence-electron chi connectivity index (χ2n) is 5.29. The van der Waals surface area contributed by atoms with Gasteiger partial charge in [0.1, 0.15) is 6.54 Å². The fourth-order valence-electron chi connectivity index (χ4n) is 2.07. The van der Waals surface area contributed by atoms with Crippen molar-refractivity contribution >= 4 is 17.6 Å². The van der Waals surface area contributed by atoms with Gasteiger partial charge in [0, 0.05) is 5.69 Å². The minimum absolute atomic E-state index is 0.370. The number of anilines is 1. The SMILES string of the molecule is CCCC(C)(N)C(=O)N(CC(=O)O)c1ccc(C)cc1. The standard InChI is InChI=1S/C15H22N2O3/c1-4-9-15(3,16)14(20)17(10-13(18)19)12-7-5-11(2)6-8-12/h5-8H,4,9-10,16H2,1-3H3,(H,18,19). The van der Waals surface area contributed by atoms with Crippen LogP contribution >= 0.6 is 0 Å². The lowest BCUT2D eigenvalue weighted by Crippen LogP contribution is -2.54. The molecule has 0 heterocycles. The molecule has 1 atom stereocenters. The lowest BCUT2D eigenvalue weighted by molar-refractivity contribution is -0.137. The third kappa shape index (κ3) is 4.06. The highest BCUT2D eigenvalue weighted by Gasteiger charge is 2.33. The summed E-state index contributed by atoms with van der Waals surface area (Å²) in [7, 11) is 0. The zero-order valence-electron chi connectivity index (χ0n) is 12.2. The van der Waals surface area contributed by atoms with E-state index in [4.69, 9.17) is 10.8 Å². The second kappa shape index (κ2) is 6.52. The smallest absolute Gasteiger partial charge is 0.323 e. The van der Waals surface area contributed by atoms with Gasteiger partial charge in [0.05, 0.1) is 5.54 Å². The number of nitrogens with two attached hydrogens (primary N) is 1. The van der Waals surface area contributed by atoms with Crippen molar-refractivity contribution in [3.63, 3.8) is 0 Å². The minimum atomic E-state index is -1.06. The molecule has 5 nitrogen and oxygen atoms in total. The third-order valence-corrected chi connectivity index (χ3v) is 3.14. The van der Waals surface area contributed by atoms with Crippen molar-refractivity contribution in [1.29, 1.82) is 0 Å². The van der Waals surface area contributed by atoms with E-state index in [9.17, 15) is 9.59 Å². The predicted molar refractivity (Wildman–Crippen MR) is 78.7 cm³/mol. The van der Waals surface area contributed by atoms with Crippen LogP contribution < -0.4 is 10.6 Å². The molecule has 5 heteroatoms. The second-order valence-corrected chi connectivity index (χ2v) is 5.29. The van der Waals surface area contributed by atoms with Crippen LogP contribution in [-0.4, -0.2) is 29.1 Å². The Hall–Kier alpha value is -1.88. The summed E-state index contributed by atoms with van der Waals surface area (Å²) in [5, 5.41) is 9.01. The molecule has 1 unspecified atom stereocenters. The number of nitrogens with zero attached hydrogens (tertiary/aromatic N) is 1. The number of rotatable bonds is 6. The van der Waals surface area contributed by atoms with Crippen LogP contribution in [0.4, 0.5) is 5.69 Å². The molecular weight excluding hydrogens is 256 g/mol. The van der Waals surface area contributed by atoms with E-state index in [2.05, 4.69) is 0 Å². The Bertz CT molecular complexity index is 480. The molecule has 20 heavy (non-hydrogen) atoms. The van der Waals surface area contributed by atoms with E-state index in [0.29, 0.717) is 12.1 Å². The first-order chi connectivity index (χ1) is 9.27. The molecule has 0 saturated heterocycles. The van der Waals surface area contributed by atoms with Gasteiger partial charge in [0.15, 0.2) is 0 Å². The highest BCUT2D eigenvalue weighted by molar-refractivity contribution is 6.02. The Balaban J connectivity index is 3.09. The Morgan fingerprint density at radius 2 is 1.85 bits per heavy atom. The van der Waals surface area contributed by atoms with Crippen molar-refractivity contribution in [2.75, 3.05) is 11.4 Å². The number of aliphatic carboxylic acids is 1. The summed E-state index contributed by atoms with van der Waals surface area (Å²) in [6, 6.07) is 7.15. The monoisotopic (exact) mass is 278 g/mol. The van der Waals surface area contributed by atoms with Gasteiger partial charge in [-0.05, 0) is 32.4 Å². The molecule has 0 fully saturated rings. The number of aryl methyl sites for hydroxylation is 1. The summed E-state index contributed by atoms with van der Waals surface area (Å²) in [4.78, 5) is 24.8. The molecular formula is C15H22N2O3. The zero-order chi connectivity index (χ0) is 15.3. The van der Waals surface area contributed by atoms with Gasteiger partial charge in [0.25, 0.3) is 0 Å². The van der Waals surface area contributed by atoms with Crippen LogP contribution in [0.1, 0.15) is 32.3 Å². The molecule has 0 aromatic heterocycles. The average Bonchev–Trinajstić information content (AvgIpc) is 2.36. The van der Waals surface area contributed by atoms with Gasteiger partial charge in [-0.25, -0.2) is 0 Å². The third-order valence-electron chi connectivity index (χ3n) is 3.14. The van der Waals surface area contributed by atoms with Crippen molar-refractivity contribution < 1.29 is 14.7 Å². The number of carboxylic acid groups (broad SMARTS) is 1. The Labute approximate surface area is 119 Å². The number of carbonyl (C=O) groups is 2. The fourth-order valence-corrected chi connectivity index (χ4v) is 2.07. The summed E-state index contributed by atoms with van der Waals surface area (Å²) in [5.74, 6) is -1.43. The average molecular weight is 278 g/mol. The van der Waals surface area contributed by atoms with Gasteiger partial charge < -0.3 is 10.8 Å².